The fraction of sp³-hybridized carbons (Fsp3) is 0. The molecule has 0 aliphatic heterocycles. The van der Waals surface area contributed by atoms with Gasteiger partial charge in [-0.25, -0.2) is 10.9 Å². The standard InChI is InChI=1S/C18H14N4O2S2/c23-17(15-3-1-9-25-15)21-19-11-13-5-7-14(8-6-13)12-20-22-18(24)16-4-2-10-26-16/h1-12H,(H,21,23)(H,22,24). The van der Waals surface area contributed by atoms with Gasteiger partial charge in [0.05, 0.1) is 22.2 Å². The summed E-state index contributed by atoms with van der Waals surface area (Å²) in [5, 5.41) is 11.5. The Morgan fingerprint density at radius 2 is 1.15 bits per heavy atom. The Morgan fingerprint density at radius 1 is 0.731 bits per heavy atom. The predicted molar refractivity (Wildman–Crippen MR) is 105 cm³/mol. The highest BCUT2D eigenvalue weighted by Crippen LogP contribution is 2.08. The number of benzene rings is 1. The van der Waals surface area contributed by atoms with Gasteiger partial charge in [0.15, 0.2) is 0 Å². The molecule has 2 aromatic heterocycles. The van der Waals surface area contributed by atoms with Crippen LogP contribution >= 0.6 is 22.7 Å². The van der Waals surface area contributed by atoms with E-state index in [9.17, 15) is 9.59 Å². The van der Waals surface area contributed by atoms with Gasteiger partial charge in [-0.05, 0) is 34.0 Å². The molecule has 130 valence electrons. The van der Waals surface area contributed by atoms with Crippen molar-refractivity contribution in [1.82, 2.24) is 10.9 Å². The third kappa shape index (κ3) is 4.95. The van der Waals surface area contributed by atoms with Gasteiger partial charge in [0.1, 0.15) is 0 Å². The van der Waals surface area contributed by atoms with Crippen LogP contribution in [0, 0.1) is 0 Å². The summed E-state index contributed by atoms with van der Waals surface area (Å²) < 4.78 is 0. The van der Waals surface area contributed by atoms with Crippen molar-refractivity contribution >= 4 is 46.9 Å². The molecule has 8 heteroatoms. The van der Waals surface area contributed by atoms with E-state index in [0.717, 1.165) is 11.1 Å². The first-order chi connectivity index (χ1) is 12.7. The molecule has 0 radical (unpaired) electrons. The van der Waals surface area contributed by atoms with Crippen molar-refractivity contribution in [2.45, 2.75) is 0 Å². The summed E-state index contributed by atoms with van der Waals surface area (Å²) in [5.74, 6) is -0.469. The summed E-state index contributed by atoms with van der Waals surface area (Å²) in [5.41, 5.74) is 6.61. The van der Waals surface area contributed by atoms with Gasteiger partial charge in [-0.1, -0.05) is 36.4 Å². The van der Waals surface area contributed by atoms with Crippen LogP contribution in [0.3, 0.4) is 0 Å². The minimum atomic E-state index is -0.235. The number of hydrogen-bond acceptors (Lipinski definition) is 6. The Balaban J connectivity index is 1.50. The van der Waals surface area contributed by atoms with Crippen LogP contribution in [-0.4, -0.2) is 24.2 Å². The highest BCUT2D eigenvalue weighted by atomic mass is 32.1. The number of nitrogens with zero attached hydrogens (tertiary/aromatic N) is 2. The molecule has 0 fully saturated rings. The highest BCUT2D eigenvalue weighted by Gasteiger charge is 2.04. The van der Waals surface area contributed by atoms with Crippen molar-refractivity contribution in [3.8, 4) is 0 Å². The maximum Gasteiger partial charge on any atom is 0.281 e. The molecular formula is C18H14N4O2S2. The van der Waals surface area contributed by atoms with E-state index >= 15 is 0 Å². The summed E-state index contributed by atoms with van der Waals surface area (Å²) in [4.78, 5) is 24.7. The monoisotopic (exact) mass is 382 g/mol. The first-order valence-electron chi connectivity index (χ1n) is 7.56. The fourth-order valence-electron chi connectivity index (χ4n) is 1.92. The Hall–Kier alpha value is -3.10. The normalized spacial score (nSPS) is 11.1. The molecule has 0 aliphatic carbocycles. The molecular weight excluding hydrogens is 368 g/mol. The van der Waals surface area contributed by atoms with Crippen LogP contribution in [0.4, 0.5) is 0 Å². The second kappa shape index (κ2) is 8.84. The number of hydrogen-bond donors (Lipinski definition) is 2. The molecule has 2 amide bonds. The molecule has 3 rings (SSSR count). The van der Waals surface area contributed by atoms with Gasteiger partial charge in [-0.15, -0.1) is 22.7 Å². The number of hydrazone groups is 2. The third-order valence-corrected chi connectivity index (χ3v) is 4.92. The number of rotatable bonds is 6. The lowest BCUT2D eigenvalue weighted by molar-refractivity contribution is 0.0951. The maximum absolute atomic E-state index is 11.7. The maximum atomic E-state index is 11.7. The van der Waals surface area contributed by atoms with Crippen LogP contribution in [0.15, 0.2) is 69.5 Å². The number of amides is 2. The third-order valence-electron chi connectivity index (χ3n) is 3.19. The van der Waals surface area contributed by atoms with Crippen LogP contribution in [-0.2, 0) is 0 Å². The number of thiophene rings is 2. The molecule has 0 unspecified atom stereocenters. The molecule has 2 heterocycles. The zero-order valence-corrected chi connectivity index (χ0v) is 15.1. The van der Waals surface area contributed by atoms with E-state index in [1.54, 1.807) is 24.6 Å². The Kier molecular flexibility index (Phi) is 6.02. The predicted octanol–water partition coefficient (Wildman–Crippen LogP) is 3.34. The van der Waals surface area contributed by atoms with Gasteiger partial charge < -0.3 is 0 Å². The smallest absolute Gasteiger partial charge is 0.266 e. The van der Waals surface area contributed by atoms with Crippen LogP contribution < -0.4 is 10.9 Å². The molecule has 0 atom stereocenters. The van der Waals surface area contributed by atoms with Crippen molar-refractivity contribution in [3.63, 3.8) is 0 Å². The second-order valence-electron chi connectivity index (χ2n) is 5.02. The molecule has 26 heavy (non-hydrogen) atoms. The van der Waals surface area contributed by atoms with Gasteiger partial charge in [-0.3, -0.25) is 9.59 Å². The fourth-order valence-corrected chi connectivity index (χ4v) is 3.15. The van der Waals surface area contributed by atoms with Gasteiger partial charge >= 0.3 is 0 Å². The average Bonchev–Trinajstić information content (AvgIpc) is 3.37. The molecule has 6 nitrogen and oxygen atoms in total. The van der Waals surface area contributed by atoms with E-state index in [4.69, 9.17) is 0 Å². The molecule has 1 aromatic carbocycles. The summed E-state index contributed by atoms with van der Waals surface area (Å²) in [6, 6.07) is 14.4. The summed E-state index contributed by atoms with van der Waals surface area (Å²) in [6.45, 7) is 0. The summed E-state index contributed by atoms with van der Waals surface area (Å²) in [6.07, 6.45) is 3.12. The average molecular weight is 382 g/mol. The largest absolute Gasteiger partial charge is 0.281 e. The van der Waals surface area contributed by atoms with Gasteiger partial charge in [0.2, 0.25) is 0 Å². The Morgan fingerprint density at radius 3 is 1.50 bits per heavy atom. The van der Waals surface area contributed by atoms with E-state index in [1.807, 2.05) is 47.2 Å². The van der Waals surface area contributed by atoms with E-state index < -0.39 is 0 Å². The molecule has 0 saturated heterocycles. The van der Waals surface area contributed by atoms with Crippen LogP contribution in [0.5, 0.6) is 0 Å². The molecule has 0 aliphatic rings. The quantitative estimate of drug-likeness (QED) is 0.506. The lowest BCUT2D eigenvalue weighted by atomic mass is 10.2. The van der Waals surface area contributed by atoms with E-state index in [0.29, 0.717) is 9.75 Å². The first kappa shape index (κ1) is 17.7. The van der Waals surface area contributed by atoms with E-state index in [-0.39, 0.29) is 11.8 Å². The molecule has 2 N–H and O–H groups in total. The topological polar surface area (TPSA) is 82.9 Å². The van der Waals surface area contributed by atoms with Crippen molar-refractivity contribution in [1.29, 1.82) is 0 Å². The summed E-state index contributed by atoms with van der Waals surface area (Å²) >= 11 is 2.72. The second-order valence-corrected chi connectivity index (χ2v) is 6.91. The van der Waals surface area contributed by atoms with Gasteiger partial charge in [-0.2, -0.15) is 10.2 Å². The lowest BCUT2D eigenvalue weighted by Crippen LogP contribution is -2.16. The lowest BCUT2D eigenvalue weighted by Gasteiger charge is -1.98. The first-order valence-corrected chi connectivity index (χ1v) is 9.32. The molecule has 0 saturated carbocycles. The molecule has 0 bridgehead atoms. The van der Waals surface area contributed by atoms with Crippen molar-refractivity contribution < 1.29 is 9.59 Å². The number of carbonyl (C=O) groups is 2. The Labute approximate surface area is 157 Å². The minimum absolute atomic E-state index is 0.235. The van der Waals surface area contributed by atoms with Crippen LogP contribution in [0.1, 0.15) is 30.5 Å². The van der Waals surface area contributed by atoms with Gasteiger partial charge in [0.25, 0.3) is 11.8 Å². The number of nitrogens with one attached hydrogen (secondary N) is 2. The zero-order valence-electron chi connectivity index (χ0n) is 13.5. The van der Waals surface area contributed by atoms with Crippen molar-refractivity contribution in [2.75, 3.05) is 0 Å². The van der Waals surface area contributed by atoms with E-state index in [1.165, 1.54) is 22.7 Å². The van der Waals surface area contributed by atoms with Crippen LogP contribution in [0.2, 0.25) is 0 Å². The summed E-state index contributed by atoms with van der Waals surface area (Å²) in [7, 11) is 0. The van der Waals surface area contributed by atoms with Crippen LogP contribution in [0.25, 0.3) is 0 Å². The highest BCUT2D eigenvalue weighted by molar-refractivity contribution is 7.12. The zero-order chi connectivity index (χ0) is 18.2. The van der Waals surface area contributed by atoms with E-state index in [2.05, 4.69) is 21.1 Å². The number of carbonyl (C=O) groups excluding carboxylic acids is 2. The Bertz CT molecular complexity index is 838. The molecule has 0 spiro atoms. The van der Waals surface area contributed by atoms with Gasteiger partial charge in [0, 0.05) is 0 Å². The minimum Gasteiger partial charge on any atom is -0.266 e. The van der Waals surface area contributed by atoms with Crippen molar-refractivity contribution in [3.05, 3.63) is 80.2 Å². The molecule has 3 aromatic rings. The SMILES string of the molecule is O=C(NN=Cc1ccc(C=NNC(=O)c2cccs2)cc1)c1cccs1. The van der Waals surface area contributed by atoms with Crippen molar-refractivity contribution in [2.24, 2.45) is 10.2 Å².